The van der Waals surface area contributed by atoms with Gasteiger partial charge in [0.2, 0.25) is 0 Å². The number of oxime groups is 1. The summed E-state index contributed by atoms with van der Waals surface area (Å²) in [5.41, 5.74) is 5.06. The van der Waals surface area contributed by atoms with Crippen molar-refractivity contribution in [3.63, 3.8) is 0 Å². The molecule has 100 valence electrons. The lowest BCUT2D eigenvalue weighted by molar-refractivity contribution is -0.150. The third kappa shape index (κ3) is 4.65. The first kappa shape index (κ1) is 14.5. The molecule has 0 bridgehead atoms. The summed E-state index contributed by atoms with van der Waals surface area (Å²) in [4.78, 5) is 0. The van der Waals surface area contributed by atoms with Crippen LogP contribution < -0.4 is 5.73 Å². The third-order valence-electron chi connectivity index (χ3n) is 2.98. The van der Waals surface area contributed by atoms with E-state index in [1.807, 2.05) is 0 Å². The van der Waals surface area contributed by atoms with Crippen LogP contribution in [0.25, 0.3) is 0 Å². The Morgan fingerprint density at radius 3 is 2.47 bits per heavy atom. The molecular formula is C10H17F3N2OS. The van der Waals surface area contributed by atoms with E-state index in [9.17, 15) is 13.2 Å². The maximum atomic E-state index is 12.6. The summed E-state index contributed by atoms with van der Waals surface area (Å²) in [5, 5.41) is 10.8. The fourth-order valence-corrected chi connectivity index (χ4v) is 3.35. The van der Waals surface area contributed by atoms with Gasteiger partial charge in [-0.2, -0.15) is 24.9 Å². The Kier molecular flexibility index (Phi) is 5.42. The maximum absolute atomic E-state index is 12.6. The summed E-state index contributed by atoms with van der Waals surface area (Å²) in [6.45, 7) is 0. The summed E-state index contributed by atoms with van der Waals surface area (Å²) in [6.07, 6.45) is 0.113. The predicted molar refractivity (Wildman–Crippen MR) is 62.2 cm³/mol. The monoisotopic (exact) mass is 270 g/mol. The average molecular weight is 270 g/mol. The van der Waals surface area contributed by atoms with Crippen LogP contribution >= 0.6 is 11.8 Å². The number of alkyl halides is 3. The topological polar surface area (TPSA) is 58.6 Å². The molecule has 0 saturated heterocycles. The quantitative estimate of drug-likeness (QED) is 0.349. The van der Waals surface area contributed by atoms with Crippen molar-refractivity contribution in [3.05, 3.63) is 0 Å². The number of amidine groups is 1. The first-order valence-corrected chi connectivity index (χ1v) is 6.72. The summed E-state index contributed by atoms with van der Waals surface area (Å²) >= 11 is 1.24. The molecule has 0 radical (unpaired) electrons. The van der Waals surface area contributed by atoms with Gasteiger partial charge in [0.1, 0.15) is 5.92 Å². The molecular weight excluding hydrogens is 253 g/mol. The van der Waals surface area contributed by atoms with E-state index in [2.05, 4.69) is 5.16 Å². The van der Waals surface area contributed by atoms with Crippen LogP contribution in [0.3, 0.4) is 0 Å². The Morgan fingerprint density at radius 2 is 2.00 bits per heavy atom. The van der Waals surface area contributed by atoms with Crippen LogP contribution in [-0.2, 0) is 0 Å². The smallest absolute Gasteiger partial charge is 0.399 e. The Labute approximate surface area is 103 Å². The van der Waals surface area contributed by atoms with Gasteiger partial charge < -0.3 is 10.9 Å². The molecule has 1 atom stereocenters. The second-order valence-corrected chi connectivity index (χ2v) is 5.38. The van der Waals surface area contributed by atoms with Crippen LogP contribution in [0.15, 0.2) is 5.16 Å². The van der Waals surface area contributed by atoms with E-state index in [1.54, 1.807) is 0 Å². The molecule has 0 amide bonds. The minimum atomic E-state index is -4.45. The molecule has 0 aromatic rings. The van der Waals surface area contributed by atoms with Crippen molar-refractivity contribution in [2.24, 2.45) is 22.7 Å². The molecule has 0 aromatic heterocycles. The second kappa shape index (κ2) is 6.37. The second-order valence-electron chi connectivity index (χ2n) is 4.31. The Balaban J connectivity index is 2.38. The highest BCUT2D eigenvalue weighted by molar-refractivity contribution is 7.99. The molecule has 3 nitrogen and oxygen atoms in total. The zero-order valence-corrected chi connectivity index (χ0v) is 10.2. The van der Waals surface area contributed by atoms with Crippen molar-refractivity contribution in [3.8, 4) is 0 Å². The van der Waals surface area contributed by atoms with Crippen molar-refractivity contribution >= 4 is 17.6 Å². The summed E-state index contributed by atoms with van der Waals surface area (Å²) in [7, 11) is 0. The van der Waals surface area contributed by atoms with Crippen LogP contribution in [-0.4, -0.2) is 28.7 Å². The van der Waals surface area contributed by atoms with E-state index >= 15 is 0 Å². The standard InChI is InChI=1S/C10H17F3N2OS/c11-10(12,13)8(9(14)15-16)6-17-5-7-3-1-2-4-7/h7-8,16H,1-6H2,(H2,14,15). The van der Waals surface area contributed by atoms with E-state index in [0.717, 1.165) is 18.6 Å². The molecule has 1 aliphatic carbocycles. The Hall–Kier alpha value is -0.590. The number of thioether (sulfide) groups is 1. The lowest BCUT2D eigenvalue weighted by atomic mass is 10.1. The SMILES string of the molecule is NC(=NO)C(CSCC1CCCC1)C(F)(F)F. The van der Waals surface area contributed by atoms with Gasteiger partial charge in [0.05, 0.1) is 0 Å². The number of nitrogens with two attached hydrogens (primary N) is 1. The van der Waals surface area contributed by atoms with E-state index in [1.165, 1.54) is 24.6 Å². The molecule has 1 aliphatic rings. The van der Waals surface area contributed by atoms with E-state index in [-0.39, 0.29) is 5.75 Å². The number of hydrogen-bond donors (Lipinski definition) is 2. The Bertz CT molecular complexity index is 265. The van der Waals surface area contributed by atoms with Crippen molar-refractivity contribution in [2.75, 3.05) is 11.5 Å². The molecule has 0 spiro atoms. The maximum Gasteiger partial charge on any atom is 0.399 e. The minimum Gasteiger partial charge on any atom is -0.409 e. The fraction of sp³-hybridized carbons (Fsp3) is 0.900. The predicted octanol–water partition coefficient (Wildman–Crippen LogP) is 2.83. The normalized spacial score (nSPS) is 20.8. The van der Waals surface area contributed by atoms with Crippen molar-refractivity contribution in [1.29, 1.82) is 0 Å². The van der Waals surface area contributed by atoms with Crippen LogP contribution in [0.5, 0.6) is 0 Å². The highest BCUT2D eigenvalue weighted by Gasteiger charge is 2.42. The van der Waals surface area contributed by atoms with E-state index in [4.69, 9.17) is 10.9 Å². The molecule has 0 aromatic carbocycles. The van der Waals surface area contributed by atoms with Crippen LogP contribution in [0.2, 0.25) is 0 Å². The van der Waals surface area contributed by atoms with Crippen LogP contribution in [0.4, 0.5) is 13.2 Å². The number of nitrogens with zero attached hydrogens (tertiary/aromatic N) is 1. The molecule has 0 aliphatic heterocycles. The van der Waals surface area contributed by atoms with Gasteiger partial charge in [-0.05, 0) is 24.5 Å². The fourth-order valence-electron chi connectivity index (χ4n) is 1.95. The Morgan fingerprint density at radius 1 is 1.41 bits per heavy atom. The highest BCUT2D eigenvalue weighted by Crippen LogP contribution is 2.32. The van der Waals surface area contributed by atoms with Gasteiger partial charge >= 0.3 is 6.18 Å². The van der Waals surface area contributed by atoms with Gasteiger partial charge in [0, 0.05) is 5.75 Å². The largest absolute Gasteiger partial charge is 0.409 e. The lowest BCUT2D eigenvalue weighted by Gasteiger charge is -2.19. The van der Waals surface area contributed by atoms with Crippen LogP contribution in [0, 0.1) is 11.8 Å². The average Bonchev–Trinajstić information content (AvgIpc) is 2.74. The zero-order chi connectivity index (χ0) is 12.9. The van der Waals surface area contributed by atoms with Gasteiger partial charge in [-0.1, -0.05) is 18.0 Å². The highest BCUT2D eigenvalue weighted by atomic mass is 32.2. The van der Waals surface area contributed by atoms with Gasteiger partial charge in [-0.25, -0.2) is 0 Å². The zero-order valence-electron chi connectivity index (χ0n) is 9.41. The van der Waals surface area contributed by atoms with Gasteiger partial charge in [0.15, 0.2) is 5.84 Å². The summed E-state index contributed by atoms with van der Waals surface area (Å²) in [5.74, 6) is -1.52. The first-order chi connectivity index (χ1) is 7.95. The third-order valence-corrected chi connectivity index (χ3v) is 4.26. The van der Waals surface area contributed by atoms with Crippen molar-refractivity contribution in [2.45, 2.75) is 31.9 Å². The number of hydrogen-bond acceptors (Lipinski definition) is 3. The van der Waals surface area contributed by atoms with E-state index < -0.39 is 17.9 Å². The summed E-state index contributed by atoms with van der Waals surface area (Å²) < 4.78 is 37.7. The van der Waals surface area contributed by atoms with Gasteiger partial charge in [-0.3, -0.25) is 0 Å². The van der Waals surface area contributed by atoms with E-state index in [0.29, 0.717) is 5.92 Å². The minimum absolute atomic E-state index is 0.171. The molecule has 1 rings (SSSR count). The number of rotatable bonds is 5. The molecule has 17 heavy (non-hydrogen) atoms. The van der Waals surface area contributed by atoms with Gasteiger partial charge in [-0.15, -0.1) is 0 Å². The summed E-state index contributed by atoms with van der Waals surface area (Å²) in [6, 6.07) is 0. The van der Waals surface area contributed by atoms with Gasteiger partial charge in [0.25, 0.3) is 0 Å². The van der Waals surface area contributed by atoms with Crippen molar-refractivity contribution in [1.82, 2.24) is 0 Å². The lowest BCUT2D eigenvalue weighted by Crippen LogP contribution is -2.37. The van der Waals surface area contributed by atoms with Crippen LogP contribution in [0.1, 0.15) is 25.7 Å². The molecule has 7 heteroatoms. The molecule has 0 heterocycles. The molecule has 1 fully saturated rings. The van der Waals surface area contributed by atoms with Crippen molar-refractivity contribution < 1.29 is 18.4 Å². The number of halogens is 3. The first-order valence-electron chi connectivity index (χ1n) is 5.57. The molecule has 3 N–H and O–H groups in total. The molecule has 1 saturated carbocycles. The molecule has 1 unspecified atom stereocenters.